The number of ketones is 1. The standard InChI is InChI=1S/C5H10OS/c1-4(3-7)5(2)6/h4,7H,3H2,1-2H3. The van der Waals surface area contributed by atoms with E-state index in [1.807, 2.05) is 6.92 Å². The number of Topliss-reactive ketones (excluding diaryl/α,β-unsaturated/α-hetero) is 1. The molecule has 0 aromatic carbocycles. The van der Waals surface area contributed by atoms with Crippen LogP contribution >= 0.6 is 12.6 Å². The lowest BCUT2D eigenvalue weighted by Crippen LogP contribution is -2.06. The maximum atomic E-state index is 10.3. The van der Waals surface area contributed by atoms with Crippen LogP contribution in [0.15, 0.2) is 0 Å². The van der Waals surface area contributed by atoms with Crippen LogP contribution in [0.2, 0.25) is 0 Å². The molecule has 42 valence electrons. The minimum Gasteiger partial charge on any atom is -0.300 e. The molecule has 0 fully saturated rings. The molecular formula is C5H10OS. The highest BCUT2D eigenvalue weighted by Crippen LogP contribution is 1.96. The predicted octanol–water partition coefficient (Wildman–Crippen LogP) is 1.14. The molecule has 0 saturated heterocycles. The maximum Gasteiger partial charge on any atom is 0.133 e. The highest BCUT2D eigenvalue weighted by molar-refractivity contribution is 7.80. The normalized spacial score (nSPS) is 13.6. The monoisotopic (exact) mass is 118 g/mol. The molecule has 1 unspecified atom stereocenters. The summed E-state index contributed by atoms with van der Waals surface area (Å²) in [5.41, 5.74) is 0. The van der Waals surface area contributed by atoms with Crippen molar-refractivity contribution in [2.45, 2.75) is 13.8 Å². The maximum absolute atomic E-state index is 10.3. The van der Waals surface area contributed by atoms with Crippen molar-refractivity contribution in [1.82, 2.24) is 0 Å². The summed E-state index contributed by atoms with van der Waals surface area (Å²) in [6, 6.07) is 0. The summed E-state index contributed by atoms with van der Waals surface area (Å²) in [4.78, 5) is 10.3. The lowest BCUT2D eigenvalue weighted by atomic mass is 10.1. The molecule has 0 rings (SSSR count). The first kappa shape index (κ1) is 7.02. The number of thiol groups is 1. The average Bonchev–Trinajstić information content (AvgIpc) is 1.65. The summed E-state index contributed by atoms with van der Waals surface area (Å²) in [7, 11) is 0. The molecule has 0 amide bonds. The van der Waals surface area contributed by atoms with Gasteiger partial charge in [0.25, 0.3) is 0 Å². The Hall–Kier alpha value is 0.0200. The predicted molar refractivity (Wildman–Crippen MR) is 33.7 cm³/mol. The second-order valence-electron chi connectivity index (χ2n) is 1.69. The molecule has 0 saturated carbocycles. The van der Waals surface area contributed by atoms with Crippen LogP contribution < -0.4 is 0 Å². The SMILES string of the molecule is CC(=O)C(C)CS. The summed E-state index contributed by atoms with van der Waals surface area (Å²) in [5, 5.41) is 0. The van der Waals surface area contributed by atoms with Gasteiger partial charge in [0.1, 0.15) is 5.78 Å². The second-order valence-corrected chi connectivity index (χ2v) is 2.06. The first-order valence-electron chi connectivity index (χ1n) is 2.29. The van der Waals surface area contributed by atoms with E-state index in [9.17, 15) is 4.79 Å². The van der Waals surface area contributed by atoms with Crippen LogP contribution in [-0.4, -0.2) is 11.5 Å². The molecule has 0 radical (unpaired) electrons. The average molecular weight is 118 g/mol. The van der Waals surface area contributed by atoms with Crippen LogP contribution in [0.5, 0.6) is 0 Å². The second kappa shape index (κ2) is 3.08. The lowest BCUT2D eigenvalue weighted by Gasteiger charge is -1.97. The molecule has 1 nitrogen and oxygen atoms in total. The van der Waals surface area contributed by atoms with Crippen molar-refractivity contribution in [1.29, 1.82) is 0 Å². The van der Waals surface area contributed by atoms with Gasteiger partial charge in [-0.15, -0.1) is 0 Å². The number of hydrogen-bond donors (Lipinski definition) is 1. The van der Waals surface area contributed by atoms with Gasteiger partial charge in [0.15, 0.2) is 0 Å². The van der Waals surface area contributed by atoms with Crippen molar-refractivity contribution in [3.63, 3.8) is 0 Å². The van der Waals surface area contributed by atoms with Crippen molar-refractivity contribution in [2.24, 2.45) is 5.92 Å². The molecule has 1 atom stereocenters. The van der Waals surface area contributed by atoms with Gasteiger partial charge in [0.2, 0.25) is 0 Å². The van der Waals surface area contributed by atoms with Crippen molar-refractivity contribution >= 4 is 18.4 Å². The molecule has 0 aliphatic carbocycles. The molecule has 0 spiro atoms. The molecule has 0 bridgehead atoms. The van der Waals surface area contributed by atoms with E-state index in [0.29, 0.717) is 5.75 Å². The van der Waals surface area contributed by atoms with Crippen LogP contribution in [0.4, 0.5) is 0 Å². The van der Waals surface area contributed by atoms with E-state index >= 15 is 0 Å². The molecule has 0 aliphatic heterocycles. The van der Waals surface area contributed by atoms with Crippen molar-refractivity contribution in [3.05, 3.63) is 0 Å². The van der Waals surface area contributed by atoms with Gasteiger partial charge in [-0.05, 0) is 12.7 Å². The highest BCUT2D eigenvalue weighted by atomic mass is 32.1. The van der Waals surface area contributed by atoms with Crippen LogP contribution in [0.3, 0.4) is 0 Å². The fourth-order valence-electron chi connectivity index (χ4n) is 0.129. The Morgan fingerprint density at radius 1 is 1.86 bits per heavy atom. The zero-order valence-corrected chi connectivity index (χ0v) is 5.53. The van der Waals surface area contributed by atoms with Gasteiger partial charge in [0, 0.05) is 5.92 Å². The van der Waals surface area contributed by atoms with Gasteiger partial charge in [-0.1, -0.05) is 6.92 Å². The summed E-state index contributed by atoms with van der Waals surface area (Å²) in [5.74, 6) is 1.01. The molecule has 0 aliphatic rings. The van der Waals surface area contributed by atoms with Gasteiger partial charge < -0.3 is 0 Å². The minimum absolute atomic E-state index is 0.128. The van der Waals surface area contributed by atoms with E-state index in [1.54, 1.807) is 6.92 Å². The van der Waals surface area contributed by atoms with Gasteiger partial charge in [-0.3, -0.25) is 4.79 Å². The summed E-state index contributed by atoms with van der Waals surface area (Å²) < 4.78 is 0. The van der Waals surface area contributed by atoms with Crippen molar-refractivity contribution in [2.75, 3.05) is 5.75 Å². The Morgan fingerprint density at radius 2 is 2.29 bits per heavy atom. The minimum atomic E-state index is 0.128. The third-order valence-corrected chi connectivity index (χ3v) is 1.52. The fraction of sp³-hybridized carbons (Fsp3) is 0.800. The van der Waals surface area contributed by atoms with Gasteiger partial charge >= 0.3 is 0 Å². The lowest BCUT2D eigenvalue weighted by molar-refractivity contribution is -0.119. The molecule has 0 heterocycles. The van der Waals surface area contributed by atoms with Crippen LogP contribution in [0.1, 0.15) is 13.8 Å². The number of hydrogen-bond acceptors (Lipinski definition) is 2. The molecule has 0 aromatic rings. The van der Waals surface area contributed by atoms with Crippen LogP contribution in [-0.2, 0) is 4.79 Å². The highest BCUT2D eigenvalue weighted by Gasteiger charge is 2.01. The van der Waals surface area contributed by atoms with Gasteiger partial charge in [-0.2, -0.15) is 12.6 Å². The zero-order chi connectivity index (χ0) is 5.86. The summed E-state index contributed by atoms with van der Waals surface area (Å²) in [6.07, 6.45) is 0. The topological polar surface area (TPSA) is 17.1 Å². The Kier molecular flexibility index (Phi) is 3.09. The van der Waals surface area contributed by atoms with Crippen LogP contribution in [0, 0.1) is 5.92 Å². The van der Waals surface area contributed by atoms with Crippen molar-refractivity contribution < 1.29 is 4.79 Å². The van der Waals surface area contributed by atoms with E-state index in [1.165, 1.54) is 0 Å². The molecule has 2 heteroatoms. The van der Waals surface area contributed by atoms with Crippen LogP contribution in [0.25, 0.3) is 0 Å². The fourth-order valence-corrected chi connectivity index (χ4v) is 0.386. The quantitative estimate of drug-likeness (QED) is 0.538. The van der Waals surface area contributed by atoms with E-state index in [0.717, 1.165) is 0 Å². The molecule has 7 heavy (non-hydrogen) atoms. The Morgan fingerprint density at radius 3 is 2.29 bits per heavy atom. The van der Waals surface area contributed by atoms with Gasteiger partial charge in [-0.25, -0.2) is 0 Å². The smallest absolute Gasteiger partial charge is 0.133 e. The molecular weight excluding hydrogens is 108 g/mol. The Labute approximate surface area is 49.5 Å². The third kappa shape index (κ3) is 2.68. The largest absolute Gasteiger partial charge is 0.300 e. The van der Waals surface area contributed by atoms with Crippen molar-refractivity contribution in [3.8, 4) is 0 Å². The van der Waals surface area contributed by atoms with E-state index < -0.39 is 0 Å². The zero-order valence-electron chi connectivity index (χ0n) is 4.64. The number of carbonyl (C=O) groups excluding carboxylic acids is 1. The summed E-state index contributed by atoms with van der Waals surface area (Å²) in [6.45, 7) is 3.45. The third-order valence-electron chi connectivity index (χ3n) is 0.968. The van der Waals surface area contributed by atoms with Gasteiger partial charge in [0.05, 0.1) is 0 Å². The van der Waals surface area contributed by atoms with E-state index in [2.05, 4.69) is 12.6 Å². The Bertz CT molecular complexity index is 70.5. The first-order valence-corrected chi connectivity index (χ1v) is 2.93. The summed E-state index contributed by atoms with van der Waals surface area (Å²) >= 11 is 3.93. The Balaban J connectivity index is 3.34. The number of carbonyl (C=O) groups is 1. The number of rotatable bonds is 2. The first-order chi connectivity index (χ1) is 3.18. The molecule has 0 N–H and O–H groups in total. The van der Waals surface area contributed by atoms with E-state index in [-0.39, 0.29) is 11.7 Å². The van der Waals surface area contributed by atoms with E-state index in [4.69, 9.17) is 0 Å². The molecule has 0 aromatic heterocycles.